The van der Waals surface area contributed by atoms with Crippen LogP contribution in [0.3, 0.4) is 0 Å². The van der Waals surface area contributed by atoms with Crippen molar-refractivity contribution in [2.24, 2.45) is 13.0 Å². The number of nitrogens with zero attached hydrogens (tertiary/aromatic N) is 4. The summed E-state index contributed by atoms with van der Waals surface area (Å²) in [6.45, 7) is 4.65. The highest BCUT2D eigenvalue weighted by atomic mass is 35.5. The van der Waals surface area contributed by atoms with Crippen LogP contribution >= 0.6 is 11.6 Å². The minimum atomic E-state index is -0.198. The van der Waals surface area contributed by atoms with Crippen LogP contribution in [0.4, 0.5) is 0 Å². The quantitative estimate of drug-likeness (QED) is 0.555. The van der Waals surface area contributed by atoms with Crippen LogP contribution in [0.25, 0.3) is 10.9 Å². The van der Waals surface area contributed by atoms with Gasteiger partial charge in [-0.25, -0.2) is 4.98 Å². The molecule has 1 aromatic carbocycles. The van der Waals surface area contributed by atoms with Gasteiger partial charge in [0.05, 0.1) is 18.5 Å². The van der Waals surface area contributed by atoms with Crippen LogP contribution in [0.1, 0.15) is 31.9 Å². The van der Waals surface area contributed by atoms with Crippen LogP contribution in [-0.4, -0.2) is 45.3 Å². The van der Waals surface area contributed by atoms with Gasteiger partial charge in [0.15, 0.2) is 0 Å². The molecule has 0 spiro atoms. The van der Waals surface area contributed by atoms with Crippen LogP contribution in [0, 0.1) is 5.92 Å². The fourth-order valence-electron chi connectivity index (χ4n) is 3.95. The van der Waals surface area contributed by atoms with Gasteiger partial charge in [-0.3, -0.25) is 9.48 Å². The van der Waals surface area contributed by atoms with Gasteiger partial charge >= 0.3 is 0 Å². The number of hydrogen-bond acceptors (Lipinski definition) is 5. The molecule has 0 aliphatic carbocycles. The summed E-state index contributed by atoms with van der Waals surface area (Å²) < 4.78 is 13.1. The largest absolute Gasteiger partial charge is 0.497 e. The molecular weight excluding hydrogens is 404 g/mol. The number of aromatic nitrogens is 3. The number of carbonyl (C=O) groups is 1. The molecule has 1 amide bonds. The van der Waals surface area contributed by atoms with Crippen molar-refractivity contribution >= 4 is 28.4 Å². The topological polar surface area (TPSA) is 69.5 Å². The Hall–Kier alpha value is -2.80. The molecule has 1 aliphatic heterocycles. The lowest BCUT2D eigenvalue weighted by atomic mass is 10.0. The minimum Gasteiger partial charge on any atom is -0.497 e. The van der Waals surface area contributed by atoms with E-state index in [0.29, 0.717) is 24.0 Å². The van der Waals surface area contributed by atoms with Gasteiger partial charge in [-0.05, 0) is 31.5 Å². The maximum atomic E-state index is 12.7. The Morgan fingerprint density at radius 1 is 1.23 bits per heavy atom. The highest BCUT2D eigenvalue weighted by Gasteiger charge is 2.37. The predicted octanol–water partition coefficient (Wildman–Crippen LogP) is 4.01. The monoisotopic (exact) mass is 428 g/mol. The Bertz CT molecular complexity index is 1070. The molecule has 3 aromatic rings. The van der Waals surface area contributed by atoms with Gasteiger partial charge in [-0.15, -0.1) is 0 Å². The second-order valence-electron chi connectivity index (χ2n) is 7.77. The zero-order chi connectivity index (χ0) is 21.4. The fraction of sp³-hybridized carbons (Fsp3) is 0.409. The van der Waals surface area contributed by atoms with E-state index in [1.165, 1.54) is 0 Å². The summed E-state index contributed by atoms with van der Waals surface area (Å²) >= 11 is 6.14. The molecule has 8 heteroatoms. The number of rotatable bonds is 6. The predicted molar refractivity (Wildman–Crippen MR) is 115 cm³/mol. The number of carbonyl (C=O) groups excluding carboxylic acids is 1. The Labute approximate surface area is 180 Å². The Morgan fingerprint density at radius 2 is 1.97 bits per heavy atom. The van der Waals surface area contributed by atoms with Gasteiger partial charge in [-0.1, -0.05) is 23.7 Å². The summed E-state index contributed by atoms with van der Waals surface area (Å²) in [6, 6.07) is 9.53. The third-order valence-electron chi connectivity index (χ3n) is 5.77. The maximum absolute atomic E-state index is 12.7. The normalized spacial score (nSPS) is 18.6. The smallest absolute Gasteiger partial charge is 0.226 e. The summed E-state index contributed by atoms with van der Waals surface area (Å²) in [6.07, 6.45) is 2.10. The molecule has 0 bridgehead atoms. The number of hydrogen-bond donors (Lipinski definition) is 0. The molecule has 30 heavy (non-hydrogen) atoms. The number of likely N-dealkylation sites (tertiary alicyclic amines) is 1. The van der Waals surface area contributed by atoms with Crippen molar-refractivity contribution < 1.29 is 14.3 Å². The average molecular weight is 429 g/mol. The molecule has 3 atom stereocenters. The Morgan fingerprint density at radius 3 is 2.67 bits per heavy atom. The van der Waals surface area contributed by atoms with Gasteiger partial charge in [0.1, 0.15) is 22.5 Å². The Balaban J connectivity index is 1.48. The standard InChI is InChI=1S/C22H25ClN4O3/c1-13(15-5-7-17(29-4)8-6-15)27-11-16(9-21(27)28)14(2)30-22-18-12-26(3)25-19(18)10-20(23)24-22/h5-8,10,12-14,16H,9,11H2,1-4H3/t13?,14?,16-/m1/s1. The first-order valence-electron chi connectivity index (χ1n) is 9.95. The molecule has 2 aromatic heterocycles. The first kappa shape index (κ1) is 20.5. The number of pyridine rings is 1. The first-order valence-corrected chi connectivity index (χ1v) is 10.3. The number of methoxy groups -OCH3 is 1. The van der Waals surface area contributed by atoms with Crippen molar-refractivity contribution in [2.75, 3.05) is 13.7 Å². The first-order chi connectivity index (χ1) is 14.4. The number of halogens is 1. The van der Waals surface area contributed by atoms with Crippen molar-refractivity contribution in [2.45, 2.75) is 32.4 Å². The van der Waals surface area contributed by atoms with Crippen molar-refractivity contribution in [1.82, 2.24) is 19.7 Å². The lowest BCUT2D eigenvalue weighted by Gasteiger charge is -2.26. The summed E-state index contributed by atoms with van der Waals surface area (Å²) in [4.78, 5) is 19.0. The fourth-order valence-corrected chi connectivity index (χ4v) is 4.13. The third-order valence-corrected chi connectivity index (χ3v) is 5.96. The minimum absolute atomic E-state index is 0.0186. The molecule has 0 radical (unpaired) electrons. The molecule has 1 aliphatic rings. The molecule has 4 rings (SSSR count). The summed E-state index contributed by atoms with van der Waals surface area (Å²) in [5.41, 5.74) is 1.81. The van der Waals surface area contributed by atoms with E-state index in [2.05, 4.69) is 10.1 Å². The van der Waals surface area contributed by atoms with E-state index in [4.69, 9.17) is 21.1 Å². The van der Waals surface area contributed by atoms with E-state index in [-0.39, 0.29) is 24.0 Å². The molecule has 7 nitrogen and oxygen atoms in total. The van der Waals surface area contributed by atoms with E-state index < -0.39 is 0 Å². The van der Waals surface area contributed by atoms with Gasteiger partial charge in [0, 0.05) is 38.2 Å². The SMILES string of the molecule is COc1ccc(C(C)N2C[C@H](C(C)Oc3nc(Cl)cc4nn(C)cc34)CC2=O)cc1. The van der Waals surface area contributed by atoms with Crippen molar-refractivity contribution in [3.63, 3.8) is 0 Å². The molecule has 0 saturated carbocycles. The van der Waals surface area contributed by atoms with Gasteiger partial charge in [0.2, 0.25) is 11.8 Å². The van der Waals surface area contributed by atoms with Crippen LogP contribution < -0.4 is 9.47 Å². The molecule has 1 saturated heterocycles. The summed E-state index contributed by atoms with van der Waals surface area (Å²) in [5, 5.41) is 5.51. The molecule has 3 heterocycles. The van der Waals surface area contributed by atoms with Crippen LogP contribution in [0.2, 0.25) is 5.15 Å². The number of benzene rings is 1. The van der Waals surface area contributed by atoms with Gasteiger partial charge in [-0.2, -0.15) is 5.10 Å². The van der Waals surface area contributed by atoms with Crippen LogP contribution in [0.5, 0.6) is 11.6 Å². The molecule has 0 N–H and O–H groups in total. The summed E-state index contributed by atoms with van der Waals surface area (Å²) in [5.74, 6) is 1.44. The van der Waals surface area contributed by atoms with Crippen LogP contribution in [0.15, 0.2) is 36.5 Å². The second kappa shape index (κ2) is 8.14. The number of aryl methyl sites for hydroxylation is 1. The lowest BCUT2D eigenvalue weighted by molar-refractivity contribution is -0.129. The highest BCUT2D eigenvalue weighted by molar-refractivity contribution is 6.30. The average Bonchev–Trinajstić information content (AvgIpc) is 3.29. The molecular formula is C22H25ClN4O3. The van der Waals surface area contributed by atoms with Crippen LogP contribution in [-0.2, 0) is 11.8 Å². The third kappa shape index (κ3) is 3.94. The van der Waals surface area contributed by atoms with E-state index in [1.807, 2.05) is 56.3 Å². The Kier molecular flexibility index (Phi) is 5.56. The van der Waals surface area contributed by atoms with E-state index in [1.54, 1.807) is 17.9 Å². The van der Waals surface area contributed by atoms with E-state index in [9.17, 15) is 4.79 Å². The second-order valence-corrected chi connectivity index (χ2v) is 8.16. The number of amides is 1. The van der Waals surface area contributed by atoms with Gasteiger partial charge in [0.25, 0.3) is 0 Å². The number of fused-ring (bicyclic) bond motifs is 1. The maximum Gasteiger partial charge on any atom is 0.226 e. The summed E-state index contributed by atoms with van der Waals surface area (Å²) in [7, 11) is 3.48. The van der Waals surface area contributed by atoms with Crippen molar-refractivity contribution in [3.8, 4) is 11.6 Å². The molecule has 1 fully saturated rings. The zero-order valence-electron chi connectivity index (χ0n) is 17.5. The highest BCUT2D eigenvalue weighted by Crippen LogP contribution is 2.33. The van der Waals surface area contributed by atoms with Crippen molar-refractivity contribution in [3.05, 3.63) is 47.2 Å². The van der Waals surface area contributed by atoms with Gasteiger partial charge < -0.3 is 14.4 Å². The van der Waals surface area contributed by atoms with E-state index in [0.717, 1.165) is 22.2 Å². The molecule has 2 unspecified atom stereocenters. The lowest BCUT2D eigenvalue weighted by Crippen LogP contribution is -2.31. The van der Waals surface area contributed by atoms with Crippen molar-refractivity contribution in [1.29, 1.82) is 0 Å². The van der Waals surface area contributed by atoms with E-state index >= 15 is 0 Å². The number of ether oxygens (including phenoxy) is 2. The zero-order valence-corrected chi connectivity index (χ0v) is 18.3. The molecule has 158 valence electrons.